The van der Waals surface area contributed by atoms with Gasteiger partial charge in [0.2, 0.25) is 0 Å². The third-order valence-electron chi connectivity index (χ3n) is 2.70. The second-order valence-electron chi connectivity index (χ2n) is 4.02. The molecule has 3 nitrogen and oxygen atoms in total. The van der Waals surface area contributed by atoms with Crippen LogP contribution >= 0.6 is 11.3 Å². The van der Waals surface area contributed by atoms with Gasteiger partial charge in [-0.3, -0.25) is 0 Å². The number of nitrogens with zero attached hydrogens (tertiary/aromatic N) is 1. The van der Waals surface area contributed by atoms with Gasteiger partial charge in [0.15, 0.2) is 0 Å². The Kier molecular flexibility index (Phi) is 4.33. The van der Waals surface area contributed by atoms with Crippen LogP contribution in [-0.2, 0) is 0 Å². The maximum atomic E-state index is 5.68. The molecule has 18 heavy (non-hydrogen) atoms. The van der Waals surface area contributed by atoms with Crippen molar-refractivity contribution in [3.63, 3.8) is 0 Å². The van der Waals surface area contributed by atoms with E-state index in [2.05, 4.69) is 21.7 Å². The van der Waals surface area contributed by atoms with E-state index >= 15 is 0 Å². The number of aryl methyl sites for hydroxylation is 1. The summed E-state index contributed by atoms with van der Waals surface area (Å²) in [6, 6.07) is 8.20. The Balaban J connectivity index is 2.38. The molecular formula is C14H18N2OS. The first-order valence-corrected chi connectivity index (χ1v) is 6.95. The SMILES string of the molecule is CCOc1ccccc1C(NC)c1nc(C)cs1. The van der Waals surface area contributed by atoms with Crippen molar-refractivity contribution in [2.75, 3.05) is 13.7 Å². The highest BCUT2D eigenvalue weighted by molar-refractivity contribution is 7.09. The average Bonchev–Trinajstić information content (AvgIpc) is 2.79. The molecule has 1 atom stereocenters. The van der Waals surface area contributed by atoms with Crippen LogP contribution in [0.1, 0.15) is 29.2 Å². The van der Waals surface area contributed by atoms with E-state index in [0.717, 1.165) is 22.0 Å². The zero-order valence-corrected chi connectivity index (χ0v) is 11.8. The molecule has 0 fully saturated rings. The number of hydrogen-bond acceptors (Lipinski definition) is 4. The molecule has 0 aliphatic rings. The molecule has 96 valence electrons. The first kappa shape index (κ1) is 13.1. The molecule has 1 N–H and O–H groups in total. The number of aromatic nitrogens is 1. The first-order valence-electron chi connectivity index (χ1n) is 6.07. The van der Waals surface area contributed by atoms with Gasteiger partial charge in [0.05, 0.1) is 12.6 Å². The molecule has 2 aromatic rings. The zero-order valence-electron chi connectivity index (χ0n) is 10.9. The lowest BCUT2D eigenvalue weighted by molar-refractivity contribution is 0.334. The molecule has 0 bridgehead atoms. The van der Waals surface area contributed by atoms with Crippen molar-refractivity contribution < 1.29 is 4.74 Å². The minimum absolute atomic E-state index is 0.0893. The predicted molar refractivity (Wildman–Crippen MR) is 75.4 cm³/mol. The van der Waals surface area contributed by atoms with Crippen LogP contribution in [0.25, 0.3) is 0 Å². The van der Waals surface area contributed by atoms with E-state index in [0.29, 0.717) is 6.61 Å². The molecule has 0 amide bonds. The Morgan fingerprint density at radius 3 is 2.78 bits per heavy atom. The van der Waals surface area contributed by atoms with Crippen LogP contribution in [0.15, 0.2) is 29.6 Å². The van der Waals surface area contributed by atoms with Crippen LogP contribution in [0.2, 0.25) is 0 Å². The highest BCUT2D eigenvalue weighted by Crippen LogP contribution is 2.31. The molecule has 1 aromatic carbocycles. The van der Waals surface area contributed by atoms with Gasteiger partial charge in [-0.05, 0) is 27.0 Å². The summed E-state index contributed by atoms with van der Waals surface area (Å²) in [5.74, 6) is 0.923. The number of benzene rings is 1. The molecule has 0 aliphatic heterocycles. The van der Waals surface area contributed by atoms with E-state index in [-0.39, 0.29) is 6.04 Å². The van der Waals surface area contributed by atoms with Crippen LogP contribution in [0, 0.1) is 6.92 Å². The average molecular weight is 262 g/mol. The van der Waals surface area contributed by atoms with Crippen molar-refractivity contribution >= 4 is 11.3 Å². The molecule has 2 rings (SSSR count). The fraction of sp³-hybridized carbons (Fsp3) is 0.357. The van der Waals surface area contributed by atoms with E-state index in [9.17, 15) is 0 Å². The van der Waals surface area contributed by atoms with Gasteiger partial charge in [-0.25, -0.2) is 4.98 Å². The Morgan fingerprint density at radius 2 is 2.17 bits per heavy atom. The Morgan fingerprint density at radius 1 is 1.39 bits per heavy atom. The quantitative estimate of drug-likeness (QED) is 0.898. The summed E-state index contributed by atoms with van der Waals surface area (Å²) < 4.78 is 5.68. The van der Waals surface area contributed by atoms with E-state index in [1.807, 2.05) is 39.1 Å². The standard InChI is InChI=1S/C14H18N2OS/c1-4-17-12-8-6-5-7-11(12)13(15-3)14-16-10(2)9-18-14/h5-9,13,15H,4H2,1-3H3. The topological polar surface area (TPSA) is 34.1 Å². The van der Waals surface area contributed by atoms with Crippen LogP contribution in [-0.4, -0.2) is 18.6 Å². The monoisotopic (exact) mass is 262 g/mol. The molecule has 0 saturated carbocycles. The molecule has 0 aliphatic carbocycles. The molecule has 1 unspecified atom stereocenters. The van der Waals surface area contributed by atoms with Crippen LogP contribution in [0.4, 0.5) is 0 Å². The summed E-state index contributed by atoms with van der Waals surface area (Å²) in [5, 5.41) is 6.46. The highest BCUT2D eigenvalue weighted by atomic mass is 32.1. The number of thiazole rings is 1. The van der Waals surface area contributed by atoms with Gasteiger partial charge in [0, 0.05) is 16.6 Å². The summed E-state index contributed by atoms with van der Waals surface area (Å²) >= 11 is 1.67. The van der Waals surface area contributed by atoms with Gasteiger partial charge in [-0.1, -0.05) is 18.2 Å². The summed E-state index contributed by atoms with van der Waals surface area (Å²) in [7, 11) is 1.95. The number of para-hydroxylation sites is 1. The van der Waals surface area contributed by atoms with Gasteiger partial charge in [-0.15, -0.1) is 11.3 Å². The van der Waals surface area contributed by atoms with Crippen LogP contribution in [0.3, 0.4) is 0 Å². The van der Waals surface area contributed by atoms with E-state index in [1.165, 1.54) is 0 Å². The summed E-state index contributed by atoms with van der Waals surface area (Å²) in [6.07, 6.45) is 0. The summed E-state index contributed by atoms with van der Waals surface area (Å²) in [6.45, 7) is 4.68. The maximum Gasteiger partial charge on any atom is 0.124 e. The zero-order chi connectivity index (χ0) is 13.0. The molecule has 0 saturated heterocycles. The highest BCUT2D eigenvalue weighted by Gasteiger charge is 2.19. The molecule has 1 heterocycles. The molecule has 0 radical (unpaired) electrons. The van der Waals surface area contributed by atoms with Gasteiger partial charge in [0.25, 0.3) is 0 Å². The number of rotatable bonds is 5. The smallest absolute Gasteiger partial charge is 0.124 e. The number of hydrogen-bond donors (Lipinski definition) is 1. The van der Waals surface area contributed by atoms with E-state index in [4.69, 9.17) is 4.74 Å². The fourth-order valence-corrected chi connectivity index (χ4v) is 2.84. The third-order valence-corrected chi connectivity index (χ3v) is 3.73. The minimum atomic E-state index is 0.0893. The molecular weight excluding hydrogens is 244 g/mol. The van der Waals surface area contributed by atoms with Crippen molar-refractivity contribution in [1.82, 2.24) is 10.3 Å². The largest absolute Gasteiger partial charge is 0.494 e. The second kappa shape index (κ2) is 5.98. The Labute approximate surface area is 112 Å². The summed E-state index contributed by atoms with van der Waals surface area (Å²) in [5.41, 5.74) is 2.19. The van der Waals surface area contributed by atoms with Gasteiger partial charge >= 0.3 is 0 Å². The van der Waals surface area contributed by atoms with Crippen molar-refractivity contribution in [3.05, 3.63) is 45.9 Å². The first-order chi connectivity index (χ1) is 8.76. The normalized spacial score (nSPS) is 12.4. The van der Waals surface area contributed by atoms with Crippen LogP contribution < -0.4 is 10.1 Å². The maximum absolute atomic E-state index is 5.68. The molecule has 1 aromatic heterocycles. The predicted octanol–water partition coefficient (Wildman–Crippen LogP) is 3.16. The lowest BCUT2D eigenvalue weighted by Gasteiger charge is -2.17. The molecule has 4 heteroatoms. The number of ether oxygens (including phenoxy) is 1. The van der Waals surface area contributed by atoms with Crippen molar-refractivity contribution in [3.8, 4) is 5.75 Å². The Bertz CT molecular complexity index is 510. The van der Waals surface area contributed by atoms with Crippen molar-refractivity contribution in [2.45, 2.75) is 19.9 Å². The molecule has 0 spiro atoms. The fourth-order valence-electron chi connectivity index (χ4n) is 1.92. The third kappa shape index (κ3) is 2.71. The van der Waals surface area contributed by atoms with Gasteiger partial charge in [0.1, 0.15) is 10.8 Å². The van der Waals surface area contributed by atoms with E-state index in [1.54, 1.807) is 11.3 Å². The summed E-state index contributed by atoms with van der Waals surface area (Å²) in [4.78, 5) is 4.56. The van der Waals surface area contributed by atoms with Gasteiger partial charge < -0.3 is 10.1 Å². The van der Waals surface area contributed by atoms with Gasteiger partial charge in [-0.2, -0.15) is 0 Å². The lowest BCUT2D eigenvalue weighted by Crippen LogP contribution is -2.18. The van der Waals surface area contributed by atoms with Crippen molar-refractivity contribution in [2.24, 2.45) is 0 Å². The lowest BCUT2D eigenvalue weighted by atomic mass is 10.1. The van der Waals surface area contributed by atoms with E-state index < -0.39 is 0 Å². The number of nitrogens with one attached hydrogen (secondary N) is 1. The second-order valence-corrected chi connectivity index (χ2v) is 4.91. The van der Waals surface area contributed by atoms with Crippen LogP contribution in [0.5, 0.6) is 5.75 Å². The van der Waals surface area contributed by atoms with Crippen molar-refractivity contribution in [1.29, 1.82) is 0 Å². The Hall–Kier alpha value is -1.39. The minimum Gasteiger partial charge on any atom is -0.494 e.